The number of halogens is 3. The Morgan fingerprint density at radius 1 is 1.00 bits per heavy atom. The average Bonchev–Trinajstić information content (AvgIpc) is 3.11. The van der Waals surface area contributed by atoms with E-state index in [0.29, 0.717) is 17.0 Å². The summed E-state index contributed by atoms with van der Waals surface area (Å²) >= 11 is 0. The van der Waals surface area contributed by atoms with E-state index < -0.39 is 6.30 Å². The zero-order valence-corrected chi connectivity index (χ0v) is 14.6. The quantitative estimate of drug-likeness (QED) is 0.486. The van der Waals surface area contributed by atoms with Gasteiger partial charge in [-0.15, -0.1) is 13.2 Å². The molecular formula is C19H14F3N5O. The molecule has 0 aliphatic rings. The fourth-order valence-corrected chi connectivity index (χ4v) is 2.81. The Morgan fingerprint density at radius 3 is 2.57 bits per heavy atom. The van der Waals surface area contributed by atoms with Gasteiger partial charge in [0.2, 0.25) is 0 Å². The van der Waals surface area contributed by atoms with Crippen molar-refractivity contribution in [3.05, 3.63) is 67.0 Å². The van der Waals surface area contributed by atoms with E-state index >= 15 is 0 Å². The minimum atomic E-state index is -4.71. The normalized spacial score (nSPS) is 11.6. The molecule has 0 radical (unpaired) electrons. The summed E-state index contributed by atoms with van der Waals surface area (Å²) in [5.74, 6) is 0.0898. The molecule has 0 N–H and O–H groups in total. The highest BCUT2D eigenvalue weighted by atomic mass is 19.4. The standard InChI is InChI=1S/C19H14F3N5O/c1-28-14-6-4-5-13(11-14)15-8-9-17-24-12-18(27(17)25-15)26(19(20,21)22)16-7-2-3-10-23-16/h2-12H,1H3. The highest BCUT2D eigenvalue weighted by molar-refractivity contribution is 5.65. The van der Waals surface area contributed by atoms with Gasteiger partial charge in [0.1, 0.15) is 11.6 Å². The van der Waals surface area contributed by atoms with Crippen molar-refractivity contribution in [1.82, 2.24) is 19.6 Å². The number of imidazole rings is 1. The smallest absolute Gasteiger partial charge is 0.491 e. The van der Waals surface area contributed by atoms with Crippen LogP contribution >= 0.6 is 0 Å². The molecule has 0 spiro atoms. The second kappa shape index (κ2) is 6.84. The Hall–Kier alpha value is -3.62. The number of pyridine rings is 1. The van der Waals surface area contributed by atoms with Crippen molar-refractivity contribution in [2.24, 2.45) is 0 Å². The second-order valence-corrected chi connectivity index (χ2v) is 5.83. The lowest BCUT2D eigenvalue weighted by Crippen LogP contribution is -2.35. The number of ether oxygens (including phenoxy) is 1. The SMILES string of the molecule is COc1cccc(-c2ccc3ncc(N(c4ccccn4)C(F)(F)F)n3n2)c1. The molecule has 0 amide bonds. The third-order valence-electron chi connectivity index (χ3n) is 4.07. The zero-order chi connectivity index (χ0) is 19.7. The Kier molecular flexibility index (Phi) is 4.34. The van der Waals surface area contributed by atoms with E-state index in [1.165, 1.54) is 25.4 Å². The van der Waals surface area contributed by atoms with Crippen molar-refractivity contribution in [1.29, 1.82) is 0 Å². The number of fused-ring (bicyclic) bond motifs is 1. The first kappa shape index (κ1) is 17.8. The van der Waals surface area contributed by atoms with Crippen molar-refractivity contribution < 1.29 is 17.9 Å². The van der Waals surface area contributed by atoms with Gasteiger partial charge in [0.05, 0.1) is 19.0 Å². The number of anilines is 2. The molecule has 3 heterocycles. The largest absolute Gasteiger partial charge is 0.497 e. The molecule has 1 aromatic carbocycles. The molecule has 0 aliphatic heterocycles. The van der Waals surface area contributed by atoms with Crippen LogP contribution in [-0.4, -0.2) is 33.0 Å². The maximum Gasteiger partial charge on any atom is 0.491 e. The van der Waals surface area contributed by atoms with Crippen LogP contribution in [0.15, 0.2) is 67.0 Å². The van der Waals surface area contributed by atoms with Gasteiger partial charge in [-0.25, -0.2) is 14.9 Å². The summed E-state index contributed by atoms with van der Waals surface area (Å²) in [6.45, 7) is 0. The maximum absolute atomic E-state index is 13.8. The number of hydrogen-bond donors (Lipinski definition) is 0. The molecule has 0 unspecified atom stereocenters. The Balaban J connectivity index is 1.87. The van der Waals surface area contributed by atoms with Gasteiger partial charge in [0.15, 0.2) is 11.5 Å². The predicted octanol–water partition coefficient (Wildman–Crippen LogP) is 4.46. The number of methoxy groups -OCH3 is 1. The number of alkyl halides is 3. The van der Waals surface area contributed by atoms with Crippen LogP contribution in [0.4, 0.5) is 24.8 Å². The first-order chi connectivity index (χ1) is 13.5. The van der Waals surface area contributed by atoms with Crippen LogP contribution in [0.3, 0.4) is 0 Å². The van der Waals surface area contributed by atoms with Gasteiger partial charge in [-0.2, -0.15) is 9.61 Å². The molecule has 0 atom stereocenters. The molecule has 0 bridgehead atoms. The molecule has 0 saturated carbocycles. The molecule has 6 nitrogen and oxygen atoms in total. The molecule has 4 aromatic rings. The van der Waals surface area contributed by atoms with E-state index in [2.05, 4.69) is 15.1 Å². The summed E-state index contributed by atoms with van der Waals surface area (Å²) in [6, 6.07) is 14.7. The highest BCUT2D eigenvalue weighted by Crippen LogP contribution is 2.35. The lowest BCUT2D eigenvalue weighted by Gasteiger charge is -2.24. The summed E-state index contributed by atoms with van der Waals surface area (Å²) in [7, 11) is 1.54. The number of hydrogen-bond acceptors (Lipinski definition) is 5. The summed E-state index contributed by atoms with van der Waals surface area (Å²) in [6.07, 6.45) is -2.29. The van der Waals surface area contributed by atoms with Crippen LogP contribution in [0.1, 0.15) is 0 Å². The molecule has 0 saturated heterocycles. The topological polar surface area (TPSA) is 55.5 Å². The van der Waals surface area contributed by atoms with E-state index in [-0.39, 0.29) is 22.2 Å². The van der Waals surface area contributed by atoms with Gasteiger partial charge in [0.25, 0.3) is 0 Å². The number of rotatable bonds is 4. The van der Waals surface area contributed by atoms with E-state index in [1.54, 1.807) is 42.5 Å². The molecule has 28 heavy (non-hydrogen) atoms. The Bertz CT molecular complexity index is 1110. The van der Waals surface area contributed by atoms with Crippen molar-refractivity contribution in [2.75, 3.05) is 12.0 Å². The van der Waals surface area contributed by atoms with Crippen LogP contribution in [0.2, 0.25) is 0 Å². The van der Waals surface area contributed by atoms with Crippen molar-refractivity contribution >= 4 is 17.3 Å². The molecular weight excluding hydrogens is 371 g/mol. The van der Waals surface area contributed by atoms with Gasteiger partial charge >= 0.3 is 6.30 Å². The van der Waals surface area contributed by atoms with E-state index in [1.807, 2.05) is 0 Å². The van der Waals surface area contributed by atoms with Crippen molar-refractivity contribution in [3.63, 3.8) is 0 Å². The van der Waals surface area contributed by atoms with Gasteiger partial charge in [0, 0.05) is 11.8 Å². The van der Waals surface area contributed by atoms with E-state index in [4.69, 9.17) is 4.74 Å². The van der Waals surface area contributed by atoms with Crippen molar-refractivity contribution in [2.45, 2.75) is 6.30 Å². The first-order valence-electron chi connectivity index (χ1n) is 8.24. The van der Waals surface area contributed by atoms with Crippen molar-refractivity contribution in [3.8, 4) is 17.0 Å². The summed E-state index contributed by atoms with van der Waals surface area (Å²) < 4.78 is 47.8. The summed E-state index contributed by atoms with van der Waals surface area (Å²) in [4.78, 5) is 8.03. The Labute approximate surface area is 157 Å². The molecule has 3 aromatic heterocycles. The lowest BCUT2D eigenvalue weighted by molar-refractivity contribution is -0.121. The number of benzene rings is 1. The second-order valence-electron chi connectivity index (χ2n) is 5.83. The van der Waals surface area contributed by atoms with Gasteiger partial charge in [-0.3, -0.25) is 0 Å². The third kappa shape index (κ3) is 3.22. The summed E-state index contributed by atoms with van der Waals surface area (Å²) in [5.41, 5.74) is 1.47. The van der Waals surface area contributed by atoms with E-state index in [0.717, 1.165) is 10.7 Å². The van der Waals surface area contributed by atoms with Crippen LogP contribution in [0, 0.1) is 0 Å². The predicted molar refractivity (Wildman–Crippen MR) is 97.4 cm³/mol. The van der Waals surface area contributed by atoms with E-state index in [9.17, 15) is 13.2 Å². The molecule has 0 fully saturated rings. The number of aromatic nitrogens is 4. The fraction of sp³-hybridized carbons (Fsp3) is 0.105. The van der Waals surface area contributed by atoms with Gasteiger partial charge in [-0.1, -0.05) is 18.2 Å². The van der Waals surface area contributed by atoms with Gasteiger partial charge in [-0.05, 0) is 36.4 Å². The molecule has 9 heteroatoms. The monoisotopic (exact) mass is 385 g/mol. The Morgan fingerprint density at radius 2 is 1.86 bits per heavy atom. The lowest BCUT2D eigenvalue weighted by atomic mass is 10.1. The molecule has 142 valence electrons. The third-order valence-corrected chi connectivity index (χ3v) is 4.07. The minimum Gasteiger partial charge on any atom is -0.497 e. The van der Waals surface area contributed by atoms with Crippen LogP contribution in [0.5, 0.6) is 5.75 Å². The minimum absolute atomic E-state index is 0.148. The summed E-state index contributed by atoms with van der Waals surface area (Å²) in [5, 5.41) is 4.37. The van der Waals surface area contributed by atoms with Crippen LogP contribution < -0.4 is 9.64 Å². The first-order valence-corrected chi connectivity index (χ1v) is 8.24. The zero-order valence-electron chi connectivity index (χ0n) is 14.6. The maximum atomic E-state index is 13.8. The fourth-order valence-electron chi connectivity index (χ4n) is 2.81. The molecule has 0 aliphatic carbocycles. The highest BCUT2D eigenvalue weighted by Gasteiger charge is 2.41. The van der Waals surface area contributed by atoms with Crippen LogP contribution in [-0.2, 0) is 0 Å². The van der Waals surface area contributed by atoms with Crippen LogP contribution in [0.25, 0.3) is 16.9 Å². The number of nitrogens with zero attached hydrogens (tertiary/aromatic N) is 5. The average molecular weight is 385 g/mol. The molecule has 4 rings (SSSR count). The van der Waals surface area contributed by atoms with Gasteiger partial charge < -0.3 is 4.74 Å².